The van der Waals surface area contributed by atoms with E-state index in [9.17, 15) is 4.79 Å². The molecule has 4 heteroatoms. The maximum absolute atomic E-state index is 10.8. The van der Waals surface area contributed by atoms with Crippen LogP contribution in [0.4, 0.5) is 4.79 Å². The van der Waals surface area contributed by atoms with Crippen LogP contribution in [0.15, 0.2) is 0 Å². The van der Waals surface area contributed by atoms with Gasteiger partial charge >= 0.3 is 6.09 Å². The Morgan fingerprint density at radius 2 is 1.92 bits per heavy atom. The Kier molecular flexibility index (Phi) is 5.45. The minimum absolute atomic E-state index is 0.183. The molecule has 0 bridgehead atoms. The molecule has 0 spiro atoms. The van der Waals surface area contributed by atoms with Gasteiger partial charge in [0.15, 0.2) is 0 Å². The lowest BCUT2D eigenvalue weighted by Gasteiger charge is -2.11. The molecule has 0 saturated carbocycles. The number of hydrogen-bond donors (Lipinski definition) is 0. The third kappa shape index (κ3) is 5.97. The highest BCUT2D eigenvalue weighted by Crippen LogP contribution is 1.89. The van der Waals surface area contributed by atoms with Crippen molar-refractivity contribution in [3.05, 3.63) is 0 Å². The first-order valence-electron chi connectivity index (χ1n) is 3.99. The maximum atomic E-state index is 10.8. The quantitative estimate of drug-likeness (QED) is 0.601. The Bertz CT molecular complexity index is 134. The molecule has 0 atom stereocenters. The highest BCUT2D eigenvalue weighted by Gasteiger charge is 2.03. The van der Waals surface area contributed by atoms with E-state index in [1.807, 2.05) is 13.8 Å². The molecule has 0 aliphatic heterocycles. The van der Waals surface area contributed by atoms with E-state index in [1.165, 1.54) is 4.90 Å². The summed E-state index contributed by atoms with van der Waals surface area (Å²) >= 11 is 0. The topological polar surface area (TPSA) is 38.8 Å². The fourth-order valence-electron chi connectivity index (χ4n) is 0.542. The van der Waals surface area contributed by atoms with Crippen molar-refractivity contribution in [2.45, 2.75) is 20.0 Å². The fourth-order valence-corrected chi connectivity index (χ4v) is 0.542. The van der Waals surface area contributed by atoms with Crippen LogP contribution in [-0.2, 0) is 9.47 Å². The number of rotatable bonds is 4. The molecule has 0 saturated heterocycles. The van der Waals surface area contributed by atoms with Gasteiger partial charge < -0.3 is 14.4 Å². The minimum Gasteiger partial charge on any atom is -0.447 e. The van der Waals surface area contributed by atoms with Crippen LogP contribution < -0.4 is 0 Å². The summed E-state index contributed by atoms with van der Waals surface area (Å²) in [5.41, 5.74) is 0. The second kappa shape index (κ2) is 5.83. The van der Waals surface area contributed by atoms with Crippen molar-refractivity contribution in [3.8, 4) is 0 Å². The van der Waals surface area contributed by atoms with Gasteiger partial charge in [-0.1, -0.05) is 0 Å². The van der Waals surface area contributed by atoms with Crippen LogP contribution >= 0.6 is 0 Å². The SMILES string of the molecule is CC(C)OCCOC(=O)N(C)C. The molecule has 4 nitrogen and oxygen atoms in total. The largest absolute Gasteiger partial charge is 0.447 e. The van der Waals surface area contributed by atoms with Gasteiger partial charge in [-0.15, -0.1) is 0 Å². The Hall–Kier alpha value is -0.770. The molecule has 0 aliphatic carbocycles. The van der Waals surface area contributed by atoms with Gasteiger partial charge in [0, 0.05) is 14.1 Å². The molecule has 0 unspecified atom stereocenters. The van der Waals surface area contributed by atoms with Crippen molar-refractivity contribution in [1.29, 1.82) is 0 Å². The standard InChI is InChI=1S/C8H17NO3/c1-7(2)11-5-6-12-8(10)9(3)4/h7H,5-6H2,1-4H3. The molecule has 0 N–H and O–H groups in total. The smallest absolute Gasteiger partial charge is 0.409 e. The summed E-state index contributed by atoms with van der Waals surface area (Å²) in [7, 11) is 3.29. The number of ether oxygens (including phenoxy) is 2. The van der Waals surface area contributed by atoms with Gasteiger partial charge in [-0.25, -0.2) is 4.79 Å². The average Bonchev–Trinajstić information content (AvgIpc) is 1.97. The van der Waals surface area contributed by atoms with Crippen LogP contribution in [0.2, 0.25) is 0 Å². The second-order valence-electron chi connectivity index (χ2n) is 2.93. The van der Waals surface area contributed by atoms with Crippen LogP contribution in [-0.4, -0.2) is 44.4 Å². The van der Waals surface area contributed by atoms with Crippen LogP contribution in [0.3, 0.4) is 0 Å². The highest BCUT2D eigenvalue weighted by molar-refractivity contribution is 5.66. The summed E-state index contributed by atoms with van der Waals surface area (Å²) in [6.07, 6.45) is -0.148. The van der Waals surface area contributed by atoms with E-state index in [0.717, 1.165) is 0 Å². The lowest BCUT2D eigenvalue weighted by Crippen LogP contribution is -2.24. The summed E-state index contributed by atoms with van der Waals surface area (Å²) in [6.45, 7) is 4.65. The number of nitrogens with zero attached hydrogens (tertiary/aromatic N) is 1. The summed E-state index contributed by atoms with van der Waals surface area (Å²) in [6, 6.07) is 0. The van der Waals surface area contributed by atoms with Crippen molar-refractivity contribution in [3.63, 3.8) is 0 Å². The monoisotopic (exact) mass is 175 g/mol. The van der Waals surface area contributed by atoms with E-state index in [4.69, 9.17) is 9.47 Å². The molecule has 0 aliphatic rings. The molecule has 0 radical (unpaired) electrons. The molecule has 12 heavy (non-hydrogen) atoms. The van der Waals surface area contributed by atoms with Crippen molar-refractivity contribution >= 4 is 6.09 Å². The van der Waals surface area contributed by atoms with Gasteiger partial charge in [0.05, 0.1) is 12.7 Å². The van der Waals surface area contributed by atoms with E-state index < -0.39 is 0 Å². The third-order valence-corrected chi connectivity index (χ3v) is 1.13. The maximum Gasteiger partial charge on any atom is 0.409 e. The van der Waals surface area contributed by atoms with Gasteiger partial charge in [-0.2, -0.15) is 0 Å². The molecule has 0 heterocycles. The Morgan fingerprint density at radius 1 is 1.33 bits per heavy atom. The van der Waals surface area contributed by atoms with Crippen LogP contribution in [0.5, 0.6) is 0 Å². The van der Waals surface area contributed by atoms with Crippen LogP contribution in [0.25, 0.3) is 0 Å². The summed E-state index contributed by atoms with van der Waals surface area (Å²) in [4.78, 5) is 12.2. The zero-order valence-electron chi connectivity index (χ0n) is 8.16. The number of carbonyl (C=O) groups excluding carboxylic acids is 1. The number of amides is 1. The Morgan fingerprint density at radius 3 is 2.33 bits per heavy atom. The van der Waals surface area contributed by atoms with E-state index in [1.54, 1.807) is 14.1 Å². The van der Waals surface area contributed by atoms with Gasteiger partial charge in [0.2, 0.25) is 0 Å². The first-order chi connectivity index (χ1) is 5.54. The molecule has 72 valence electrons. The van der Waals surface area contributed by atoms with Crippen molar-refractivity contribution in [1.82, 2.24) is 4.90 Å². The first-order valence-corrected chi connectivity index (χ1v) is 3.99. The fraction of sp³-hybridized carbons (Fsp3) is 0.875. The van der Waals surface area contributed by atoms with Gasteiger partial charge in [0.25, 0.3) is 0 Å². The van der Waals surface area contributed by atoms with Crippen molar-refractivity contribution in [2.24, 2.45) is 0 Å². The molecule has 0 aromatic carbocycles. The van der Waals surface area contributed by atoms with Gasteiger partial charge in [-0.3, -0.25) is 0 Å². The molecular formula is C8H17NO3. The van der Waals surface area contributed by atoms with Gasteiger partial charge in [-0.05, 0) is 13.8 Å². The molecule has 0 aromatic heterocycles. The number of carbonyl (C=O) groups is 1. The zero-order valence-corrected chi connectivity index (χ0v) is 8.16. The highest BCUT2D eigenvalue weighted by atomic mass is 16.6. The second-order valence-corrected chi connectivity index (χ2v) is 2.93. The molecule has 0 aromatic rings. The minimum atomic E-state index is -0.331. The van der Waals surface area contributed by atoms with Gasteiger partial charge in [0.1, 0.15) is 6.61 Å². The van der Waals surface area contributed by atoms with Crippen LogP contribution in [0.1, 0.15) is 13.8 Å². The first kappa shape index (κ1) is 11.2. The number of hydrogen-bond acceptors (Lipinski definition) is 3. The van der Waals surface area contributed by atoms with Crippen LogP contribution in [0, 0.1) is 0 Å². The molecular weight excluding hydrogens is 158 g/mol. The van der Waals surface area contributed by atoms with E-state index in [-0.39, 0.29) is 12.2 Å². The van der Waals surface area contributed by atoms with Crippen molar-refractivity contribution in [2.75, 3.05) is 27.3 Å². The summed E-state index contributed by atoms with van der Waals surface area (Å²) < 4.78 is 9.99. The molecule has 0 fully saturated rings. The Labute approximate surface area is 73.4 Å². The molecule has 0 rings (SSSR count). The predicted octanol–water partition coefficient (Wildman–Crippen LogP) is 1.11. The van der Waals surface area contributed by atoms with E-state index in [2.05, 4.69) is 0 Å². The van der Waals surface area contributed by atoms with E-state index in [0.29, 0.717) is 13.2 Å². The lowest BCUT2D eigenvalue weighted by molar-refractivity contribution is 0.0331. The van der Waals surface area contributed by atoms with E-state index >= 15 is 0 Å². The lowest BCUT2D eigenvalue weighted by atomic mass is 10.5. The normalized spacial score (nSPS) is 10.1. The average molecular weight is 175 g/mol. The summed E-state index contributed by atoms with van der Waals surface area (Å²) in [5.74, 6) is 0. The zero-order chi connectivity index (χ0) is 9.56. The Balaban J connectivity index is 3.26. The third-order valence-electron chi connectivity index (χ3n) is 1.13. The molecule has 1 amide bonds. The predicted molar refractivity (Wildman–Crippen MR) is 46.1 cm³/mol. The van der Waals surface area contributed by atoms with Crippen molar-refractivity contribution < 1.29 is 14.3 Å². The summed E-state index contributed by atoms with van der Waals surface area (Å²) in [5, 5.41) is 0.